The van der Waals surface area contributed by atoms with E-state index >= 15 is 0 Å². The highest BCUT2D eigenvalue weighted by molar-refractivity contribution is 9.10. The zero-order valence-electron chi connectivity index (χ0n) is 15.2. The second kappa shape index (κ2) is 7.64. The number of hydrogen-bond acceptors (Lipinski definition) is 4. The van der Waals surface area contributed by atoms with Crippen molar-refractivity contribution in [1.29, 1.82) is 0 Å². The van der Waals surface area contributed by atoms with Gasteiger partial charge in [0.05, 0.1) is 4.90 Å². The van der Waals surface area contributed by atoms with Gasteiger partial charge in [-0.1, -0.05) is 15.9 Å². The quantitative estimate of drug-likeness (QED) is 0.505. The van der Waals surface area contributed by atoms with Gasteiger partial charge >= 0.3 is 0 Å². The molecule has 2 aromatic rings. The monoisotopic (exact) mass is 472 g/mol. The predicted octanol–water partition coefficient (Wildman–Crippen LogP) is 5.93. The summed E-state index contributed by atoms with van der Waals surface area (Å²) in [7, 11) is 1.56. The molecule has 0 spiro atoms. The molecule has 0 radical (unpaired) electrons. The van der Waals surface area contributed by atoms with Gasteiger partial charge < -0.3 is 9.47 Å². The summed E-state index contributed by atoms with van der Waals surface area (Å²) < 4.78 is 34.4. The Kier molecular flexibility index (Phi) is 5.80. The zero-order chi connectivity index (χ0) is 19.7. The lowest BCUT2D eigenvalue weighted by Gasteiger charge is -2.12. The Bertz CT molecular complexity index is 887. The third-order valence-corrected chi connectivity index (χ3v) is 6.45. The highest BCUT2D eigenvalue weighted by Gasteiger charge is 2.40. The van der Waals surface area contributed by atoms with E-state index < -0.39 is 9.05 Å². The SMILES string of the molecule is CC1(Oc2ccc(Br)cc2)CC1.CC1(Oc2ccc(S(=O)(=O)Cl)cc2)CC1. The van der Waals surface area contributed by atoms with E-state index in [1.165, 1.54) is 25.0 Å². The summed E-state index contributed by atoms with van der Waals surface area (Å²) in [5.41, 5.74) is 0.0786. The first-order valence-electron chi connectivity index (χ1n) is 8.75. The second-order valence-electron chi connectivity index (χ2n) is 7.47. The number of halogens is 2. The number of rotatable bonds is 5. The van der Waals surface area contributed by atoms with Crippen LogP contribution in [0.25, 0.3) is 0 Å². The van der Waals surface area contributed by atoms with Gasteiger partial charge in [0.25, 0.3) is 9.05 Å². The van der Waals surface area contributed by atoms with Crippen molar-refractivity contribution in [1.82, 2.24) is 0 Å². The van der Waals surface area contributed by atoms with E-state index in [0.717, 1.165) is 23.1 Å². The lowest BCUT2D eigenvalue weighted by molar-refractivity contribution is 0.200. The van der Waals surface area contributed by atoms with Crippen molar-refractivity contribution in [3.63, 3.8) is 0 Å². The van der Waals surface area contributed by atoms with Gasteiger partial charge in [-0.25, -0.2) is 8.42 Å². The Balaban J connectivity index is 0.000000159. The third kappa shape index (κ3) is 6.40. The van der Waals surface area contributed by atoms with E-state index in [-0.39, 0.29) is 16.1 Å². The number of benzene rings is 2. The maximum absolute atomic E-state index is 11.0. The Morgan fingerprint density at radius 2 is 1.19 bits per heavy atom. The van der Waals surface area contributed by atoms with Crippen LogP contribution in [0.4, 0.5) is 0 Å². The molecule has 4 rings (SSSR count). The smallest absolute Gasteiger partial charge is 0.261 e. The molecule has 0 aromatic heterocycles. The van der Waals surface area contributed by atoms with E-state index in [1.54, 1.807) is 12.1 Å². The maximum Gasteiger partial charge on any atom is 0.261 e. The third-order valence-electron chi connectivity index (χ3n) is 4.56. The van der Waals surface area contributed by atoms with Crippen LogP contribution in [0.2, 0.25) is 0 Å². The summed E-state index contributed by atoms with van der Waals surface area (Å²) in [6, 6.07) is 14.1. The van der Waals surface area contributed by atoms with Crippen molar-refractivity contribution in [3.8, 4) is 11.5 Å². The van der Waals surface area contributed by atoms with E-state index in [0.29, 0.717) is 5.75 Å². The molecule has 27 heavy (non-hydrogen) atoms. The van der Waals surface area contributed by atoms with Crippen LogP contribution in [-0.4, -0.2) is 19.6 Å². The fourth-order valence-electron chi connectivity index (χ4n) is 2.30. The zero-order valence-corrected chi connectivity index (χ0v) is 18.4. The first-order valence-corrected chi connectivity index (χ1v) is 11.9. The highest BCUT2D eigenvalue weighted by atomic mass is 79.9. The van der Waals surface area contributed by atoms with Crippen molar-refractivity contribution in [3.05, 3.63) is 53.0 Å². The van der Waals surface area contributed by atoms with Crippen LogP contribution < -0.4 is 9.47 Å². The molecule has 0 heterocycles. The molecule has 0 unspecified atom stereocenters. The molecule has 0 amide bonds. The molecule has 0 N–H and O–H groups in total. The van der Waals surface area contributed by atoms with Gasteiger partial charge in [0.1, 0.15) is 22.7 Å². The van der Waals surface area contributed by atoms with E-state index in [9.17, 15) is 8.42 Å². The minimum atomic E-state index is -3.63. The highest BCUT2D eigenvalue weighted by Crippen LogP contribution is 2.40. The average Bonchev–Trinajstić information content (AvgIpc) is 3.50. The van der Waals surface area contributed by atoms with E-state index in [4.69, 9.17) is 20.2 Å². The summed E-state index contributed by atoms with van der Waals surface area (Å²) >= 11 is 3.39. The van der Waals surface area contributed by atoms with Crippen LogP contribution in [0, 0.1) is 0 Å². The summed E-state index contributed by atoms with van der Waals surface area (Å²) in [5.74, 6) is 1.65. The van der Waals surface area contributed by atoms with Crippen LogP contribution >= 0.6 is 26.6 Å². The first-order chi connectivity index (χ1) is 12.6. The molecule has 0 aliphatic heterocycles. The van der Waals surface area contributed by atoms with Gasteiger partial charge in [-0.15, -0.1) is 0 Å². The molecular formula is C20H22BrClO4S. The van der Waals surface area contributed by atoms with E-state index in [1.807, 2.05) is 31.2 Å². The molecule has 0 bridgehead atoms. The molecule has 146 valence electrons. The Morgan fingerprint density at radius 1 is 0.815 bits per heavy atom. The minimum Gasteiger partial charge on any atom is -0.488 e. The van der Waals surface area contributed by atoms with Gasteiger partial charge in [0, 0.05) is 15.2 Å². The van der Waals surface area contributed by atoms with Crippen LogP contribution in [0.1, 0.15) is 39.5 Å². The van der Waals surface area contributed by atoms with Crippen molar-refractivity contribution < 1.29 is 17.9 Å². The lowest BCUT2D eigenvalue weighted by atomic mass is 10.3. The molecule has 2 fully saturated rings. The van der Waals surface area contributed by atoms with Crippen molar-refractivity contribution in [2.75, 3.05) is 0 Å². The van der Waals surface area contributed by atoms with Crippen molar-refractivity contribution >= 4 is 35.7 Å². The molecule has 0 saturated heterocycles. The molecule has 2 aromatic carbocycles. The fraction of sp³-hybridized carbons (Fsp3) is 0.400. The molecular weight excluding hydrogens is 452 g/mol. The fourth-order valence-corrected chi connectivity index (χ4v) is 3.33. The van der Waals surface area contributed by atoms with Gasteiger partial charge in [-0.05, 0) is 88.1 Å². The second-order valence-corrected chi connectivity index (χ2v) is 10.9. The Morgan fingerprint density at radius 3 is 1.52 bits per heavy atom. The van der Waals surface area contributed by atoms with Gasteiger partial charge in [-0.2, -0.15) is 0 Å². The van der Waals surface area contributed by atoms with Gasteiger partial charge in [0.15, 0.2) is 0 Å². The van der Waals surface area contributed by atoms with Gasteiger partial charge in [-0.3, -0.25) is 0 Å². The Labute approximate surface area is 173 Å². The number of hydrogen-bond donors (Lipinski definition) is 0. The molecule has 0 atom stereocenters. The first kappa shape index (κ1) is 20.5. The number of ether oxygens (including phenoxy) is 2. The lowest BCUT2D eigenvalue weighted by Crippen LogP contribution is -2.11. The summed E-state index contributed by atoms with van der Waals surface area (Å²) in [6.07, 6.45) is 4.46. The van der Waals surface area contributed by atoms with Crippen LogP contribution in [-0.2, 0) is 9.05 Å². The normalized spacial score (nSPS) is 18.7. The Hall–Kier alpha value is -1.24. The van der Waals surface area contributed by atoms with Crippen LogP contribution in [0.3, 0.4) is 0 Å². The van der Waals surface area contributed by atoms with Gasteiger partial charge in [0.2, 0.25) is 0 Å². The summed E-state index contributed by atoms with van der Waals surface area (Å²) in [4.78, 5) is 0.0949. The van der Waals surface area contributed by atoms with Crippen LogP contribution in [0.15, 0.2) is 57.9 Å². The minimum absolute atomic E-state index is 0.0542. The van der Waals surface area contributed by atoms with E-state index in [2.05, 4.69) is 22.9 Å². The topological polar surface area (TPSA) is 52.6 Å². The molecule has 4 nitrogen and oxygen atoms in total. The molecule has 2 aliphatic rings. The van der Waals surface area contributed by atoms with Crippen LogP contribution in [0.5, 0.6) is 11.5 Å². The standard InChI is InChI=1S/C10H11BrO.C10H11ClO3S/c1-10(6-7-10)12-9-4-2-8(11)3-5-9;1-10(6-7-10)14-8-2-4-9(5-3-8)15(11,12)13/h2-5H,6-7H2,1H3;2-5H,6-7H2,1H3. The average molecular weight is 474 g/mol. The summed E-state index contributed by atoms with van der Waals surface area (Å²) in [5, 5.41) is 0. The molecule has 7 heteroatoms. The summed E-state index contributed by atoms with van der Waals surface area (Å²) in [6.45, 7) is 4.17. The maximum atomic E-state index is 11.0. The van der Waals surface area contributed by atoms with Crippen molar-refractivity contribution in [2.24, 2.45) is 0 Å². The molecule has 2 saturated carbocycles. The molecule has 2 aliphatic carbocycles. The largest absolute Gasteiger partial charge is 0.488 e. The predicted molar refractivity (Wildman–Crippen MR) is 110 cm³/mol. The van der Waals surface area contributed by atoms with Crippen molar-refractivity contribution in [2.45, 2.75) is 55.6 Å².